The Morgan fingerprint density at radius 3 is 2.67 bits per heavy atom. The van der Waals surface area contributed by atoms with Gasteiger partial charge < -0.3 is 9.84 Å². The molecule has 0 atom stereocenters. The number of pyridine rings is 1. The zero-order valence-electron chi connectivity index (χ0n) is 10.7. The van der Waals surface area contributed by atoms with Gasteiger partial charge in [-0.3, -0.25) is 4.98 Å². The first-order valence-electron chi connectivity index (χ1n) is 5.89. The fourth-order valence-electron chi connectivity index (χ4n) is 1.53. The molecule has 0 saturated carbocycles. The Balaban J connectivity index is 2.59. The summed E-state index contributed by atoms with van der Waals surface area (Å²) in [5.41, 5.74) is 1.22. The zero-order chi connectivity index (χ0) is 13.6. The number of nitrogens with zero attached hydrogens (tertiary/aromatic N) is 1. The van der Waals surface area contributed by atoms with Crippen LogP contribution < -0.4 is 4.74 Å². The third kappa shape index (κ3) is 4.62. The monoisotopic (exact) mass is 273 g/mol. The average Bonchev–Trinajstić information content (AvgIpc) is 2.30. The van der Waals surface area contributed by atoms with Crippen LogP contribution in [0.2, 0.25) is 0 Å². The highest BCUT2D eigenvalue weighted by atomic mass is 32.2. The quantitative estimate of drug-likeness (QED) is 0.804. The smallest absolute Gasteiger partial charge is 0.153 e. The van der Waals surface area contributed by atoms with E-state index in [0.29, 0.717) is 17.9 Å². The van der Waals surface area contributed by atoms with Crippen molar-refractivity contribution >= 4 is 9.84 Å². The van der Waals surface area contributed by atoms with E-state index in [-0.39, 0.29) is 24.7 Å². The van der Waals surface area contributed by atoms with Crippen molar-refractivity contribution < 1.29 is 18.3 Å². The lowest BCUT2D eigenvalue weighted by Crippen LogP contribution is -2.17. The Bertz CT molecular complexity index is 485. The molecule has 0 fully saturated rings. The van der Waals surface area contributed by atoms with Gasteiger partial charge in [-0.1, -0.05) is 6.92 Å². The molecule has 1 N–H and O–H groups in total. The molecule has 1 aromatic heterocycles. The zero-order valence-corrected chi connectivity index (χ0v) is 11.5. The molecular weight excluding hydrogens is 254 g/mol. The van der Waals surface area contributed by atoms with Gasteiger partial charge in [0.25, 0.3) is 0 Å². The van der Waals surface area contributed by atoms with Crippen molar-refractivity contribution in [2.45, 2.75) is 26.9 Å². The molecule has 0 radical (unpaired) electrons. The van der Waals surface area contributed by atoms with Crippen molar-refractivity contribution in [2.24, 2.45) is 0 Å². The van der Waals surface area contributed by atoms with Gasteiger partial charge in [0.2, 0.25) is 0 Å². The van der Waals surface area contributed by atoms with E-state index >= 15 is 0 Å². The third-order valence-electron chi connectivity index (χ3n) is 2.39. The van der Waals surface area contributed by atoms with Crippen LogP contribution in [0.4, 0.5) is 0 Å². The first-order valence-corrected chi connectivity index (χ1v) is 7.71. The summed E-state index contributed by atoms with van der Waals surface area (Å²) < 4.78 is 28.3. The molecule has 5 nitrogen and oxygen atoms in total. The number of aromatic nitrogens is 1. The molecule has 0 bridgehead atoms. The van der Waals surface area contributed by atoms with Crippen LogP contribution in [0.15, 0.2) is 12.1 Å². The molecule has 1 rings (SSSR count). The maximum Gasteiger partial charge on any atom is 0.153 e. The van der Waals surface area contributed by atoms with Gasteiger partial charge in [0.15, 0.2) is 9.84 Å². The topological polar surface area (TPSA) is 76.5 Å². The molecule has 0 aliphatic carbocycles. The molecule has 0 unspecified atom stereocenters. The number of rotatable bonds is 7. The van der Waals surface area contributed by atoms with Gasteiger partial charge in [-0.2, -0.15) is 0 Å². The molecule has 0 amide bonds. The maximum atomic E-state index is 11.5. The summed E-state index contributed by atoms with van der Waals surface area (Å²) in [5.74, 6) is 0.601. The number of aliphatic hydroxyl groups is 1. The second kappa shape index (κ2) is 6.70. The molecule has 0 saturated heterocycles. The van der Waals surface area contributed by atoms with Gasteiger partial charge in [-0.05, 0) is 25.5 Å². The Morgan fingerprint density at radius 2 is 2.06 bits per heavy atom. The van der Waals surface area contributed by atoms with Crippen LogP contribution in [0.25, 0.3) is 0 Å². The molecular formula is C12H19NO4S. The lowest BCUT2D eigenvalue weighted by Gasteiger charge is -2.10. The minimum absolute atomic E-state index is 0.0143. The molecule has 1 heterocycles. The van der Waals surface area contributed by atoms with Crippen molar-refractivity contribution in [2.75, 3.05) is 18.1 Å². The van der Waals surface area contributed by atoms with Crippen molar-refractivity contribution in [1.29, 1.82) is 0 Å². The Hall–Kier alpha value is -1.14. The Labute approximate surface area is 108 Å². The number of hydrogen-bond donors (Lipinski definition) is 1. The van der Waals surface area contributed by atoms with Gasteiger partial charge >= 0.3 is 0 Å². The van der Waals surface area contributed by atoms with Crippen molar-refractivity contribution in [1.82, 2.24) is 4.98 Å². The van der Waals surface area contributed by atoms with Crippen LogP contribution in [0.5, 0.6) is 5.75 Å². The SMILES string of the molecule is CCCS(=O)(=O)CCOc1ccc(C)nc1CO. The standard InChI is InChI=1S/C12H19NO4S/c1-3-7-18(15,16)8-6-17-12-5-4-10(2)13-11(12)9-14/h4-5,14H,3,6-9H2,1-2H3. The van der Waals surface area contributed by atoms with Gasteiger partial charge in [-0.25, -0.2) is 8.42 Å². The van der Waals surface area contributed by atoms with Crippen LogP contribution >= 0.6 is 0 Å². The second-order valence-electron chi connectivity index (χ2n) is 4.06. The summed E-state index contributed by atoms with van der Waals surface area (Å²) in [7, 11) is -3.04. The summed E-state index contributed by atoms with van der Waals surface area (Å²) in [4.78, 5) is 4.12. The molecule has 0 aliphatic heterocycles. The fourth-order valence-corrected chi connectivity index (χ4v) is 2.70. The second-order valence-corrected chi connectivity index (χ2v) is 6.36. The van der Waals surface area contributed by atoms with E-state index < -0.39 is 9.84 Å². The molecule has 18 heavy (non-hydrogen) atoms. The van der Waals surface area contributed by atoms with Crippen LogP contribution in [0, 0.1) is 6.92 Å². The Morgan fingerprint density at radius 1 is 1.33 bits per heavy atom. The first-order chi connectivity index (χ1) is 8.48. The van der Waals surface area contributed by atoms with E-state index in [9.17, 15) is 8.42 Å². The Kier molecular flexibility index (Phi) is 5.55. The van der Waals surface area contributed by atoms with E-state index in [1.54, 1.807) is 12.1 Å². The summed E-state index contributed by atoms with van der Waals surface area (Å²) in [6.07, 6.45) is 0.607. The molecule has 0 aliphatic rings. The lowest BCUT2D eigenvalue weighted by molar-refractivity contribution is 0.261. The molecule has 1 aromatic rings. The van der Waals surface area contributed by atoms with Crippen LogP contribution in [0.1, 0.15) is 24.7 Å². The third-order valence-corrected chi connectivity index (χ3v) is 4.21. The largest absolute Gasteiger partial charge is 0.491 e. The highest BCUT2D eigenvalue weighted by molar-refractivity contribution is 7.91. The van der Waals surface area contributed by atoms with Crippen LogP contribution in [-0.2, 0) is 16.4 Å². The summed E-state index contributed by atoms with van der Waals surface area (Å²) >= 11 is 0. The van der Waals surface area contributed by atoms with Gasteiger partial charge in [-0.15, -0.1) is 0 Å². The number of sulfone groups is 1. The van der Waals surface area contributed by atoms with Gasteiger partial charge in [0, 0.05) is 5.69 Å². The van der Waals surface area contributed by atoms with E-state index in [1.165, 1.54) is 0 Å². The van der Waals surface area contributed by atoms with E-state index in [4.69, 9.17) is 9.84 Å². The summed E-state index contributed by atoms with van der Waals surface area (Å²) in [6.45, 7) is 3.50. The predicted molar refractivity (Wildman–Crippen MR) is 69.3 cm³/mol. The van der Waals surface area contributed by atoms with Crippen LogP contribution in [0.3, 0.4) is 0 Å². The van der Waals surface area contributed by atoms with Crippen LogP contribution in [-0.4, -0.2) is 36.6 Å². The van der Waals surface area contributed by atoms with E-state index in [1.807, 2.05) is 13.8 Å². The molecule has 0 spiro atoms. The predicted octanol–water partition coefficient (Wildman–Crippen LogP) is 1.09. The lowest BCUT2D eigenvalue weighted by atomic mass is 10.3. The molecule has 6 heteroatoms. The van der Waals surface area contributed by atoms with Crippen molar-refractivity contribution in [3.8, 4) is 5.75 Å². The van der Waals surface area contributed by atoms with E-state index in [0.717, 1.165) is 5.69 Å². The molecule has 0 aromatic carbocycles. The minimum atomic E-state index is -3.04. The fraction of sp³-hybridized carbons (Fsp3) is 0.583. The first kappa shape index (κ1) is 14.9. The van der Waals surface area contributed by atoms with Crippen molar-refractivity contribution in [3.05, 3.63) is 23.5 Å². The van der Waals surface area contributed by atoms with E-state index in [2.05, 4.69) is 4.98 Å². The number of aliphatic hydroxyl groups excluding tert-OH is 1. The van der Waals surface area contributed by atoms with Gasteiger partial charge in [0.1, 0.15) is 18.1 Å². The number of ether oxygens (including phenoxy) is 1. The summed E-state index contributed by atoms with van der Waals surface area (Å²) in [6, 6.07) is 3.45. The highest BCUT2D eigenvalue weighted by Gasteiger charge is 2.11. The highest BCUT2D eigenvalue weighted by Crippen LogP contribution is 2.16. The maximum absolute atomic E-state index is 11.5. The average molecular weight is 273 g/mol. The van der Waals surface area contributed by atoms with Crippen molar-refractivity contribution in [3.63, 3.8) is 0 Å². The number of aryl methyl sites for hydroxylation is 1. The number of hydrogen-bond acceptors (Lipinski definition) is 5. The van der Waals surface area contributed by atoms with Gasteiger partial charge in [0.05, 0.1) is 18.1 Å². The minimum Gasteiger partial charge on any atom is -0.491 e. The molecule has 102 valence electrons. The normalized spacial score (nSPS) is 11.5. The summed E-state index contributed by atoms with van der Waals surface area (Å²) in [5, 5.41) is 9.13.